The van der Waals surface area contributed by atoms with Gasteiger partial charge in [0.15, 0.2) is 12.7 Å². The number of esters is 1. The molecule has 1 N–H and O–H groups in total. The number of hydrogen-bond acceptors (Lipinski definition) is 5. The topological polar surface area (TPSA) is 84.9 Å². The summed E-state index contributed by atoms with van der Waals surface area (Å²) >= 11 is 0. The molecule has 0 aromatic heterocycles. The zero-order valence-electron chi connectivity index (χ0n) is 16.5. The molecule has 1 atom stereocenters. The largest absolute Gasteiger partial charge is 0.479 e. The lowest BCUT2D eigenvalue weighted by molar-refractivity contribution is -0.157. The van der Waals surface area contributed by atoms with Crippen LogP contribution in [-0.2, 0) is 19.1 Å². The predicted molar refractivity (Wildman–Crippen MR) is 105 cm³/mol. The molecule has 2 aromatic carbocycles. The summed E-state index contributed by atoms with van der Waals surface area (Å²) in [5, 5.41) is 2.68. The molecule has 29 heavy (non-hydrogen) atoms. The fourth-order valence-corrected chi connectivity index (χ4v) is 2.27. The minimum absolute atomic E-state index is 0.189. The van der Waals surface area contributed by atoms with Crippen LogP contribution in [0.2, 0.25) is 0 Å². The molecule has 0 unspecified atom stereocenters. The number of amides is 2. The molecule has 8 heteroatoms. The Balaban J connectivity index is 1.75. The predicted octanol–water partition coefficient (Wildman–Crippen LogP) is 2.54. The highest BCUT2D eigenvalue weighted by Gasteiger charge is 2.20. The van der Waals surface area contributed by atoms with E-state index in [2.05, 4.69) is 5.32 Å². The lowest BCUT2D eigenvalue weighted by atomic mass is 10.2. The first-order valence-electron chi connectivity index (χ1n) is 8.94. The van der Waals surface area contributed by atoms with Crippen LogP contribution in [0, 0.1) is 12.7 Å². The number of likely N-dealkylation sites (N-methyl/N-ethyl adjacent to an activating group) is 1. The van der Waals surface area contributed by atoms with Gasteiger partial charge in [-0.15, -0.1) is 0 Å². The lowest BCUT2D eigenvalue weighted by Gasteiger charge is -2.18. The first kappa shape index (κ1) is 21.9. The van der Waals surface area contributed by atoms with E-state index in [-0.39, 0.29) is 12.5 Å². The molecule has 0 radical (unpaired) electrons. The minimum Gasteiger partial charge on any atom is -0.479 e. The Morgan fingerprint density at radius 2 is 1.69 bits per heavy atom. The van der Waals surface area contributed by atoms with Crippen LogP contribution in [0.1, 0.15) is 12.5 Å². The highest BCUT2D eigenvalue weighted by atomic mass is 19.1. The van der Waals surface area contributed by atoms with Gasteiger partial charge in [-0.1, -0.05) is 17.7 Å². The van der Waals surface area contributed by atoms with Crippen LogP contribution >= 0.6 is 0 Å². The normalized spacial score (nSPS) is 11.3. The third kappa shape index (κ3) is 7.25. The first-order chi connectivity index (χ1) is 13.7. The van der Waals surface area contributed by atoms with Crippen LogP contribution in [0.4, 0.5) is 10.1 Å². The summed E-state index contributed by atoms with van der Waals surface area (Å²) in [5.41, 5.74) is 1.69. The molecular formula is C21H23FN2O5. The summed E-state index contributed by atoms with van der Waals surface area (Å²) in [4.78, 5) is 37.2. The molecule has 0 saturated carbocycles. The van der Waals surface area contributed by atoms with Crippen LogP contribution in [-0.4, -0.2) is 49.0 Å². The molecule has 0 aliphatic heterocycles. The van der Waals surface area contributed by atoms with Gasteiger partial charge in [0.05, 0.1) is 6.54 Å². The maximum absolute atomic E-state index is 12.9. The van der Waals surface area contributed by atoms with E-state index in [9.17, 15) is 18.8 Å². The highest BCUT2D eigenvalue weighted by molar-refractivity contribution is 5.94. The monoisotopic (exact) mass is 402 g/mol. The molecule has 0 aliphatic carbocycles. The van der Waals surface area contributed by atoms with Gasteiger partial charge >= 0.3 is 5.97 Å². The Hall–Kier alpha value is -3.42. The molecule has 0 saturated heterocycles. The molecule has 2 amide bonds. The third-order valence-corrected chi connectivity index (χ3v) is 3.94. The molecule has 154 valence electrons. The number of hydrogen-bond donors (Lipinski definition) is 1. The number of anilines is 1. The summed E-state index contributed by atoms with van der Waals surface area (Å²) in [6.07, 6.45) is -0.983. The molecule has 2 rings (SSSR count). The van der Waals surface area contributed by atoms with Crippen LogP contribution in [0.25, 0.3) is 0 Å². The van der Waals surface area contributed by atoms with Gasteiger partial charge in [-0.2, -0.15) is 0 Å². The second-order valence-electron chi connectivity index (χ2n) is 6.49. The lowest BCUT2D eigenvalue weighted by Crippen LogP contribution is -2.38. The molecule has 0 fully saturated rings. The van der Waals surface area contributed by atoms with Gasteiger partial charge in [0, 0.05) is 12.7 Å². The van der Waals surface area contributed by atoms with Crippen molar-refractivity contribution in [2.75, 3.05) is 25.5 Å². The number of carbonyl (C=O) groups excluding carboxylic acids is 3. The fourth-order valence-electron chi connectivity index (χ4n) is 2.27. The van der Waals surface area contributed by atoms with Crippen molar-refractivity contribution < 1.29 is 28.2 Å². The standard InChI is InChI=1S/C21H23FN2O5/c1-14-4-8-17(9-5-14)23-19(25)12-24(3)20(26)13-28-21(27)15(2)29-18-10-6-16(22)7-11-18/h4-11,15H,12-13H2,1-3H3,(H,23,25)/t15-/m0/s1. The van der Waals surface area contributed by atoms with Crippen molar-refractivity contribution in [3.63, 3.8) is 0 Å². The van der Waals surface area contributed by atoms with Crippen molar-refractivity contribution in [1.29, 1.82) is 0 Å². The van der Waals surface area contributed by atoms with Crippen molar-refractivity contribution in [1.82, 2.24) is 4.90 Å². The number of carbonyl (C=O) groups is 3. The number of halogens is 1. The summed E-state index contributed by atoms with van der Waals surface area (Å²) in [5.74, 6) is -1.78. The molecule has 2 aromatic rings. The summed E-state index contributed by atoms with van der Waals surface area (Å²) in [6, 6.07) is 12.4. The fraction of sp³-hybridized carbons (Fsp3) is 0.286. The van der Waals surface area contributed by atoms with E-state index in [1.807, 2.05) is 19.1 Å². The van der Waals surface area contributed by atoms with E-state index in [0.717, 1.165) is 10.5 Å². The maximum atomic E-state index is 12.9. The maximum Gasteiger partial charge on any atom is 0.347 e. The van der Waals surface area contributed by atoms with Crippen molar-refractivity contribution in [2.45, 2.75) is 20.0 Å². The Morgan fingerprint density at radius 3 is 2.31 bits per heavy atom. The number of aryl methyl sites for hydroxylation is 1. The van der Waals surface area contributed by atoms with Crippen molar-refractivity contribution in [3.05, 3.63) is 59.9 Å². The van der Waals surface area contributed by atoms with E-state index in [1.54, 1.807) is 12.1 Å². The number of nitrogens with zero attached hydrogens (tertiary/aromatic N) is 1. The van der Waals surface area contributed by atoms with Gasteiger partial charge in [-0.3, -0.25) is 9.59 Å². The van der Waals surface area contributed by atoms with Crippen molar-refractivity contribution >= 4 is 23.5 Å². The average molecular weight is 402 g/mol. The van der Waals surface area contributed by atoms with Crippen molar-refractivity contribution in [3.8, 4) is 5.75 Å². The second kappa shape index (κ2) is 10.2. The Bertz CT molecular complexity index is 852. The molecule has 7 nitrogen and oxygen atoms in total. The van der Waals surface area contributed by atoms with Crippen molar-refractivity contribution in [2.24, 2.45) is 0 Å². The summed E-state index contributed by atoms with van der Waals surface area (Å²) in [7, 11) is 1.43. The molecule has 0 aliphatic rings. The van der Waals surface area contributed by atoms with Crippen LogP contribution < -0.4 is 10.1 Å². The number of benzene rings is 2. The molecular weight excluding hydrogens is 379 g/mol. The second-order valence-corrected chi connectivity index (χ2v) is 6.49. The zero-order valence-corrected chi connectivity index (χ0v) is 16.5. The summed E-state index contributed by atoms with van der Waals surface area (Å²) in [6.45, 7) is 2.68. The molecule has 0 heterocycles. The zero-order chi connectivity index (χ0) is 21.4. The third-order valence-electron chi connectivity index (χ3n) is 3.94. The van der Waals surface area contributed by atoms with E-state index < -0.39 is 30.4 Å². The Labute approximate surface area is 168 Å². The number of rotatable bonds is 8. The van der Waals surface area contributed by atoms with Gasteiger partial charge in [0.1, 0.15) is 11.6 Å². The molecule has 0 bridgehead atoms. The SMILES string of the molecule is Cc1ccc(NC(=O)CN(C)C(=O)COC(=O)[C@H](C)Oc2ccc(F)cc2)cc1. The minimum atomic E-state index is -0.983. The van der Waals surface area contributed by atoms with Gasteiger partial charge < -0.3 is 19.7 Å². The highest BCUT2D eigenvalue weighted by Crippen LogP contribution is 2.13. The number of nitrogens with one attached hydrogen (secondary N) is 1. The van der Waals surface area contributed by atoms with Crippen LogP contribution in [0.15, 0.2) is 48.5 Å². The Morgan fingerprint density at radius 1 is 1.07 bits per heavy atom. The van der Waals surface area contributed by atoms with E-state index >= 15 is 0 Å². The van der Waals surface area contributed by atoms with E-state index in [1.165, 1.54) is 38.2 Å². The van der Waals surface area contributed by atoms with Gasteiger partial charge in [0.25, 0.3) is 5.91 Å². The van der Waals surface area contributed by atoms with Crippen LogP contribution in [0.5, 0.6) is 5.75 Å². The van der Waals surface area contributed by atoms with E-state index in [0.29, 0.717) is 11.4 Å². The average Bonchev–Trinajstić information content (AvgIpc) is 2.69. The van der Waals surface area contributed by atoms with Crippen LogP contribution in [0.3, 0.4) is 0 Å². The smallest absolute Gasteiger partial charge is 0.347 e. The van der Waals surface area contributed by atoms with Gasteiger partial charge in [-0.05, 0) is 50.2 Å². The van der Waals surface area contributed by atoms with E-state index in [4.69, 9.17) is 9.47 Å². The number of ether oxygens (including phenoxy) is 2. The first-order valence-corrected chi connectivity index (χ1v) is 8.94. The summed E-state index contributed by atoms with van der Waals surface area (Å²) < 4.78 is 23.1. The molecule has 0 spiro atoms. The van der Waals surface area contributed by atoms with Gasteiger partial charge in [-0.25, -0.2) is 9.18 Å². The Kier molecular flexibility index (Phi) is 7.70. The van der Waals surface area contributed by atoms with Gasteiger partial charge in [0.2, 0.25) is 5.91 Å². The quantitative estimate of drug-likeness (QED) is 0.686.